The van der Waals surface area contributed by atoms with Gasteiger partial charge in [-0.3, -0.25) is 4.90 Å². The van der Waals surface area contributed by atoms with E-state index in [1.54, 1.807) is 0 Å². The van der Waals surface area contributed by atoms with Gasteiger partial charge in [-0.05, 0) is 52.5 Å². The minimum absolute atomic E-state index is 0.109. The van der Waals surface area contributed by atoms with Gasteiger partial charge in [0.15, 0.2) is 0 Å². The maximum Gasteiger partial charge on any atom is 0.412 e. The van der Waals surface area contributed by atoms with E-state index in [0.717, 1.165) is 25.3 Å². The van der Waals surface area contributed by atoms with Crippen LogP contribution in [0.5, 0.6) is 0 Å². The minimum Gasteiger partial charge on any atom is -0.444 e. The van der Waals surface area contributed by atoms with Gasteiger partial charge in [0, 0.05) is 21.2 Å². The first kappa shape index (κ1) is 22.4. The van der Waals surface area contributed by atoms with Crippen LogP contribution in [0.1, 0.15) is 46.5 Å². The molecule has 148 valence electrons. The Bertz CT molecular complexity index is 413. The fourth-order valence-corrected chi connectivity index (χ4v) is 3.11. The molecule has 0 radical (unpaired) electrons. The quantitative estimate of drug-likeness (QED) is 0.357. The van der Waals surface area contributed by atoms with Crippen molar-refractivity contribution in [2.75, 3.05) is 26.7 Å². The van der Waals surface area contributed by atoms with Gasteiger partial charge in [0.2, 0.25) is 0 Å². The van der Waals surface area contributed by atoms with Crippen LogP contribution in [0.15, 0.2) is 0 Å². The molecular weight excluding hydrogens is 338 g/mol. The highest BCUT2D eigenvalue weighted by molar-refractivity contribution is 6.76. The number of carbonyl (C=O) groups excluding carboxylic acids is 1. The summed E-state index contributed by atoms with van der Waals surface area (Å²) in [5, 5.41) is 10.3. The Kier molecular flexibility index (Phi) is 8.38. The number of nitrogens with zero attached hydrogens (tertiary/aromatic N) is 1. The van der Waals surface area contributed by atoms with Gasteiger partial charge in [-0.25, -0.2) is 4.79 Å². The Hall–Kier alpha value is -0.633. The van der Waals surface area contributed by atoms with Gasteiger partial charge in [0.05, 0.1) is 5.60 Å². The molecule has 25 heavy (non-hydrogen) atoms. The number of aliphatic hydroxyl groups is 1. The lowest BCUT2D eigenvalue weighted by Crippen LogP contribution is -2.44. The lowest BCUT2D eigenvalue weighted by atomic mass is 9.78. The molecule has 0 aliphatic heterocycles. The normalized spacial score (nSPS) is 17.1. The number of amides is 1. The topological polar surface area (TPSA) is 68.2 Å². The second-order valence-electron chi connectivity index (χ2n) is 9.24. The van der Waals surface area contributed by atoms with Crippen molar-refractivity contribution < 1.29 is 24.1 Å². The Morgan fingerprint density at radius 2 is 1.84 bits per heavy atom. The van der Waals surface area contributed by atoms with E-state index in [1.165, 1.54) is 4.90 Å². The molecule has 0 aromatic rings. The van der Waals surface area contributed by atoms with Crippen molar-refractivity contribution in [3.05, 3.63) is 0 Å². The number of hydrogen-bond donors (Lipinski definition) is 1. The summed E-state index contributed by atoms with van der Waals surface area (Å²) in [6.45, 7) is 13.8. The van der Waals surface area contributed by atoms with Crippen LogP contribution < -0.4 is 0 Å². The fourth-order valence-electron chi connectivity index (χ4n) is 2.36. The maximum absolute atomic E-state index is 12.3. The predicted octanol–water partition coefficient (Wildman–Crippen LogP) is 3.82. The van der Waals surface area contributed by atoms with Crippen molar-refractivity contribution in [3.8, 4) is 0 Å². The summed E-state index contributed by atoms with van der Waals surface area (Å²) in [7, 11) is -1.11. The third-order valence-corrected chi connectivity index (χ3v) is 5.90. The number of carbonyl (C=O) groups is 1. The van der Waals surface area contributed by atoms with Gasteiger partial charge in [-0.15, -0.1) is 0 Å². The van der Waals surface area contributed by atoms with Crippen LogP contribution in [0.25, 0.3) is 0 Å². The zero-order valence-electron chi connectivity index (χ0n) is 16.9. The molecule has 1 aliphatic rings. The first-order valence-electron chi connectivity index (χ1n) is 9.26. The molecule has 7 heteroatoms. The zero-order chi connectivity index (χ0) is 19.1. The van der Waals surface area contributed by atoms with E-state index in [4.69, 9.17) is 14.2 Å². The van der Waals surface area contributed by atoms with Crippen molar-refractivity contribution in [2.45, 2.75) is 83.3 Å². The van der Waals surface area contributed by atoms with E-state index in [0.29, 0.717) is 19.6 Å². The summed E-state index contributed by atoms with van der Waals surface area (Å²) >= 11 is 0. The second-order valence-corrected chi connectivity index (χ2v) is 14.9. The molecule has 1 aliphatic carbocycles. The molecule has 1 rings (SSSR count). The standard InChI is InChI=1S/C18H37NO5Si/c1-17(2,3)24-16(20)19(11-10-18(21)8-7-9-18)14-23-15-22-12-13-25(4,5)6/h21H,7-15H2,1-6H3. The summed E-state index contributed by atoms with van der Waals surface area (Å²) in [6, 6.07) is 1.08. The van der Waals surface area contributed by atoms with Crippen LogP contribution in [0.4, 0.5) is 4.79 Å². The van der Waals surface area contributed by atoms with Crippen LogP contribution in [0.3, 0.4) is 0 Å². The summed E-state index contributed by atoms with van der Waals surface area (Å²) in [4.78, 5) is 13.8. The van der Waals surface area contributed by atoms with Gasteiger partial charge >= 0.3 is 6.09 Å². The second kappa shape index (κ2) is 9.35. The average molecular weight is 376 g/mol. The molecule has 0 unspecified atom stereocenters. The van der Waals surface area contributed by atoms with E-state index in [9.17, 15) is 9.90 Å². The van der Waals surface area contributed by atoms with E-state index in [1.807, 2.05) is 20.8 Å². The highest BCUT2D eigenvalue weighted by Crippen LogP contribution is 2.34. The molecule has 0 spiro atoms. The molecular formula is C18H37NO5Si. The molecule has 0 heterocycles. The maximum atomic E-state index is 12.3. The van der Waals surface area contributed by atoms with Gasteiger partial charge in [0.1, 0.15) is 19.1 Å². The summed E-state index contributed by atoms with van der Waals surface area (Å²) in [5.41, 5.74) is -1.19. The van der Waals surface area contributed by atoms with Crippen molar-refractivity contribution in [3.63, 3.8) is 0 Å². The van der Waals surface area contributed by atoms with Crippen LogP contribution in [0, 0.1) is 0 Å². The molecule has 1 saturated carbocycles. The van der Waals surface area contributed by atoms with E-state index < -0.39 is 25.4 Å². The number of ether oxygens (including phenoxy) is 3. The minimum atomic E-state index is -1.11. The monoisotopic (exact) mass is 375 g/mol. The van der Waals surface area contributed by atoms with Gasteiger partial charge in [0.25, 0.3) is 0 Å². The first-order chi connectivity index (χ1) is 11.4. The Balaban J connectivity index is 2.37. The Labute approximate surface area is 153 Å². The molecule has 0 aromatic heterocycles. The predicted molar refractivity (Wildman–Crippen MR) is 101 cm³/mol. The molecule has 0 atom stereocenters. The molecule has 1 N–H and O–H groups in total. The highest BCUT2D eigenvalue weighted by atomic mass is 28.3. The highest BCUT2D eigenvalue weighted by Gasteiger charge is 2.35. The lowest BCUT2D eigenvalue weighted by molar-refractivity contribution is -0.0959. The van der Waals surface area contributed by atoms with Crippen LogP contribution in [-0.4, -0.2) is 62.1 Å². The van der Waals surface area contributed by atoms with Gasteiger partial charge < -0.3 is 19.3 Å². The first-order valence-corrected chi connectivity index (χ1v) is 13.0. The largest absolute Gasteiger partial charge is 0.444 e. The van der Waals surface area contributed by atoms with E-state index in [2.05, 4.69) is 19.6 Å². The molecule has 0 aromatic carbocycles. The molecule has 1 amide bonds. The lowest BCUT2D eigenvalue weighted by Gasteiger charge is -2.38. The Morgan fingerprint density at radius 1 is 1.20 bits per heavy atom. The van der Waals surface area contributed by atoms with Crippen LogP contribution in [-0.2, 0) is 14.2 Å². The van der Waals surface area contributed by atoms with E-state index in [-0.39, 0.29) is 13.5 Å². The van der Waals surface area contributed by atoms with Crippen LogP contribution >= 0.6 is 0 Å². The fraction of sp³-hybridized carbons (Fsp3) is 0.944. The molecule has 0 bridgehead atoms. The Morgan fingerprint density at radius 3 is 2.32 bits per heavy atom. The molecule has 1 fully saturated rings. The van der Waals surface area contributed by atoms with Crippen molar-refractivity contribution >= 4 is 14.2 Å². The van der Waals surface area contributed by atoms with Crippen LogP contribution in [0.2, 0.25) is 25.7 Å². The SMILES string of the molecule is CC(C)(C)OC(=O)N(CCC1(O)CCC1)COCOCC[Si](C)(C)C. The summed E-state index contributed by atoms with van der Waals surface area (Å²) in [6.07, 6.45) is 2.78. The number of rotatable bonds is 10. The molecule has 6 nitrogen and oxygen atoms in total. The van der Waals surface area contributed by atoms with E-state index >= 15 is 0 Å². The zero-order valence-corrected chi connectivity index (χ0v) is 17.9. The van der Waals surface area contributed by atoms with Crippen molar-refractivity contribution in [1.82, 2.24) is 4.90 Å². The smallest absolute Gasteiger partial charge is 0.412 e. The molecule has 0 saturated heterocycles. The van der Waals surface area contributed by atoms with Crippen molar-refractivity contribution in [2.24, 2.45) is 0 Å². The van der Waals surface area contributed by atoms with Gasteiger partial charge in [-0.1, -0.05) is 19.6 Å². The van der Waals surface area contributed by atoms with Gasteiger partial charge in [-0.2, -0.15) is 0 Å². The number of hydrogen-bond acceptors (Lipinski definition) is 5. The average Bonchev–Trinajstić information content (AvgIpc) is 2.40. The third-order valence-electron chi connectivity index (χ3n) is 4.19. The third kappa shape index (κ3) is 10.2. The van der Waals surface area contributed by atoms with Crippen molar-refractivity contribution in [1.29, 1.82) is 0 Å². The summed E-state index contributed by atoms with van der Waals surface area (Å²) in [5.74, 6) is 0. The summed E-state index contributed by atoms with van der Waals surface area (Å²) < 4.78 is 16.4.